The number of aliphatic hydroxyl groups excluding tert-OH is 2. The molecule has 4 aliphatic rings. The van der Waals surface area contributed by atoms with Crippen molar-refractivity contribution in [3.05, 3.63) is 112 Å². The summed E-state index contributed by atoms with van der Waals surface area (Å²) >= 11 is 0. The van der Waals surface area contributed by atoms with Crippen molar-refractivity contribution in [3.8, 4) is 23.0 Å². The largest absolute Gasteiger partial charge is 0.508 e. The van der Waals surface area contributed by atoms with Crippen LogP contribution in [0.5, 0.6) is 23.0 Å². The van der Waals surface area contributed by atoms with Crippen LogP contribution in [0.25, 0.3) is 0 Å². The molecule has 0 aromatic heterocycles. The molecule has 0 radical (unpaired) electrons. The van der Waals surface area contributed by atoms with Gasteiger partial charge in [-0.3, -0.25) is 14.9 Å². The van der Waals surface area contributed by atoms with Gasteiger partial charge in [0.15, 0.2) is 11.5 Å². The molecule has 1 fully saturated rings. The molecule has 0 bridgehead atoms. The number of hydrogen-bond acceptors (Lipinski definition) is 12. The third-order valence-corrected chi connectivity index (χ3v) is 14.2. The summed E-state index contributed by atoms with van der Waals surface area (Å²) in [5.74, 6) is -0.460. The number of phenolic OH excluding ortho intramolecular Hbond substituents is 1. The first-order valence-electron chi connectivity index (χ1n) is 25.0. The van der Waals surface area contributed by atoms with Crippen molar-refractivity contribution in [3.63, 3.8) is 0 Å². The molecule has 14 nitrogen and oxygen atoms in total. The van der Waals surface area contributed by atoms with Crippen molar-refractivity contribution in [2.75, 3.05) is 26.6 Å². The molecule has 1 saturated carbocycles. The normalized spacial score (nSPS) is 22.7. The van der Waals surface area contributed by atoms with E-state index in [1.165, 1.54) is 44.2 Å². The minimum Gasteiger partial charge on any atom is -0.508 e. The number of nitro benzene ring substituents is 1. The Morgan fingerprint density at radius 1 is 0.882 bits per heavy atom. The third-order valence-electron chi connectivity index (χ3n) is 14.2. The van der Waals surface area contributed by atoms with E-state index in [0.717, 1.165) is 68.1 Å². The van der Waals surface area contributed by atoms with E-state index in [9.17, 15) is 25.4 Å². The number of carbonyl (C=O) groups excluding carboxylic acids is 1. The SMILES string of the molecule is C=CCOC12Oc3ccc(O)cc3C3C(CCCCO)C(CCCCO)C=C(C(=NOCc4ccc([N+](=O)[O-])cc4)CC1N(Cc1ccc4c(c1)OCO4)C(=O)CCCCCCCCCCC)C32. The number of carbonyl (C=O) groups is 1. The van der Waals surface area contributed by atoms with Gasteiger partial charge in [0.1, 0.15) is 24.1 Å². The van der Waals surface area contributed by atoms with Crippen molar-refractivity contribution in [1.29, 1.82) is 0 Å². The van der Waals surface area contributed by atoms with E-state index >= 15 is 4.79 Å². The van der Waals surface area contributed by atoms with Gasteiger partial charge in [0.05, 0.1) is 23.2 Å². The molecule has 3 N–H and O–H groups in total. The highest BCUT2D eigenvalue weighted by Crippen LogP contribution is 2.62. The van der Waals surface area contributed by atoms with Gasteiger partial charge < -0.3 is 44.0 Å². The number of non-ortho nitro benzene ring substituents is 1. The van der Waals surface area contributed by atoms with Crippen molar-refractivity contribution in [1.82, 2.24) is 4.90 Å². The summed E-state index contributed by atoms with van der Waals surface area (Å²) in [6.07, 6.45) is 18.8. The molecule has 2 heterocycles. The third kappa shape index (κ3) is 12.0. The lowest BCUT2D eigenvalue weighted by atomic mass is 9.55. The smallest absolute Gasteiger partial charge is 0.269 e. The lowest BCUT2D eigenvalue weighted by molar-refractivity contribution is -0.384. The molecular weight excluding hydrogens is 867 g/mol. The lowest BCUT2D eigenvalue weighted by Gasteiger charge is -2.60. The number of hydrogen-bond donors (Lipinski definition) is 3. The summed E-state index contributed by atoms with van der Waals surface area (Å²) in [5, 5.41) is 47.4. The summed E-state index contributed by atoms with van der Waals surface area (Å²) in [7, 11) is 0. The van der Waals surface area contributed by atoms with E-state index < -0.39 is 22.7 Å². The number of unbranched alkanes of at least 4 members (excludes halogenated alkanes) is 10. The molecular formula is C54H71N3O11. The fourth-order valence-corrected chi connectivity index (χ4v) is 10.9. The van der Waals surface area contributed by atoms with Crippen molar-refractivity contribution >= 4 is 17.3 Å². The number of oxime groups is 1. The van der Waals surface area contributed by atoms with Gasteiger partial charge in [0.25, 0.3) is 5.69 Å². The summed E-state index contributed by atoms with van der Waals surface area (Å²) < 4.78 is 26.0. The van der Waals surface area contributed by atoms with Gasteiger partial charge >= 0.3 is 0 Å². The number of benzene rings is 3. The van der Waals surface area contributed by atoms with Crippen LogP contribution < -0.4 is 14.2 Å². The highest BCUT2D eigenvalue weighted by molar-refractivity contribution is 6.03. The summed E-state index contributed by atoms with van der Waals surface area (Å²) in [6, 6.07) is 16.4. The second kappa shape index (κ2) is 24.7. The first-order chi connectivity index (χ1) is 33.2. The Bertz CT molecular complexity index is 2210. The summed E-state index contributed by atoms with van der Waals surface area (Å²) in [4.78, 5) is 34.4. The minimum absolute atomic E-state index is 0.00818. The zero-order chi connectivity index (χ0) is 47.9. The number of phenols is 1. The first-order valence-corrected chi connectivity index (χ1v) is 25.0. The monoisotopic (exact) mass is 938 g/mol. The van der Waals surface area contributed by atoms with Crippen molar-refractivity contribution in [2.24, 2.45) is 22.9 Å². The molecule has 7 rings (SSSR count). The molecule has 6 unspecified atom stereocenters. The van der Waals surface area contributed by atoms with E-state index in [2.05, 4.69) is 19.6 Å². The average molecular weight is 938 g/mol. The van der Waals surface area contributed by atoms with Crippen LogP contribution >= 0.6 is 0 Å². The molecule has 2 aliphatic carbocycles. The van der Waals surface area contributed by atoms with Gasteiger partial charge in [-0.1, -0.05) is 94.5 Å². The van der Waals surface area contributed by atoms with Gasteiger partial charge in [-0.2, -0.15) is 0 Å². The fourth-order valence-electron chi connectivity index (χ4n) is 10.9. The highest BCUT2D eigenvalue weighted by Gasteiger charge is 2.65. The van der Waals surface area contributed by atoms with Gasteiger partial charge in [-0.25, -0.2) is 0 Å². The Morgan fingerprint density at radius 2 is 1.57 bits per heavy atom. The number of nitrogens with zero attached hydrogens (tertiary/aromatic N) is 3. The number of nitro groups is 1. The second-order valence-electron chi connectivity index (χ2n) is 18.8. The zero-order valence-electron chi connectivity index (χ0n) is 39.7. The lowest BCUT2D eigenvalue weighted by Crippen LogP contribution is -2.70. The summed E-state index contributed by atoms with van der Waals surface area (Å²) in [6.45, 7) is 6.90. The fraction of sp³-hybridized carbons (Fsp3) is 0.556. The Labute approximate surface area is 401 Å². The number of aliphatic hydroxyl groups is 2. The predicted octanol–water partition coefficient (Wildman–Crippen LogP) is 10.8. The number of allylic oxidation sites excluding steroid dienone is 1. The summed E-state index contributed by atoms with van der Waals surface area (Å²) in [5.41, 5.74) is 3.84. The maximum Gasteiger partial charge on any atom is 0.269 e. The van der Waals surface area contributed by atoms with Crippen LogP contribution in [0.2, 0.25) is 0 Å². The molecule has 0 spiro atoms. The molecule has 3 aromatic rings. The molecule has 6 atom stereocenters. The Hall–Kier alpha value is -5.44. The van der Waals surface area contributed by atoms with Crippen LogP contribution in [0.4, 0.5) is 5.69 Å². The van der Waals surface area contributed by atoms with Crippen LogP contribution in [0.3, 0.4) is 0 Å². The molecule has 68 heavy (non-hydrogen) atoms. The van der Waals surface area contributed by atoms with E-state index in [4.69, 9.17) is 28.9 Å². The Morgan fingerprint density at radius 3 is 2.29 bits per heavy atom. The molecule has 3 aromatic carbocycles. The van der Waals surface area contributed by atoms with E-state index in [1.54, 1.807) is 36.4 Å². The maximum absolute atomic E-state index is 15.3. The number of ether oxygens (including phenoxy) is 4. The molecule has 2 aliphatic heterocycles. The van der Waals surface area contributed by atoms with E-state index in [1.807, 2.05) is 23.1 Å². The molecule has 0 saturated heterocycles. The standard InChI is InChI=1S/C54H71N3O11/c1-3-5-6-7-8-9-10-11-12-19-51(61)56(35-39-22-26-48-49(31-39)65-37-64-48)50-34-46(55-67-36-38-20-23-41(24-21-38)57(62)63)44-32-40(17-13-15-28-58)43(18-14-16-29-59)52-45-33-42(60)25-27-47(45)68-54(50,53(44)52)66-30-4-2/h4,20-27,31-33,40,43,50,52-53,58-60H,2-3,5-19,28-30,34-37H2,1H3. The Balaban J connectivity index is 1.35. The Kier molecular flexibility index (Phi) is 18.3. The van der Waals surface area contributed by atoms with Gasteiger partial charge in [-0.05, 0) is 103 Å². The molecule has 1 amide bonds. The van der Waals surface area contributed by atoms with Crippen LogP contribution in [-0.4, -0.2) is 75.2 Å². The highest BCUT2D eigenvalue weighted by atomic mass is 16.7. The zero-order valence-corrected chi connectivity index (χ0v) is 39.7. The number of rotatable bonds is 28. The van der Waals surface area contributed by atoms with Gasteiger partial charge in [0.2, 0.25) is 18.5 Å². The minimum atomic E-state index is -1.47. The van der Waals surface area contributed by atoms with Crippen molar-refractivity contribution < 1.29 is 48.8 Å². The van der Waals surface area contributed by atoms with Crippen LogP contribution in [0, 0.1) is 27.9 Å². The van der Waals surface area contributed by atoms with E-state index in [0.29, 0.717) is 47.8 Å². The number of aromatic hydroxyl groups is 1. The quantitative estimate of drug-likeness (QED) is 0.0273. The van der Waals surface area contributed by atoms with E-state index in [-0.39, 0.29) is 81.3 Å². The van der Waals surface area contributed by atoms with Gasteiger partial charge in [-0.15, -0.1) is 6.58 Å². The van der Waals surface area contributed by atoms with Gasteiger partial charge in [0, 0.05) is 56.2 Å². The number of fused-ring (bicyclic) bond motifs is 3. The predicted molar refractivity (Wildman–Crippen MR) is 259 cm³/mol. The molecule has 368 valence electrons. The van der Waals surface area contributed by atoms with Crippen molar-refractivity contribution in [2.45, 2.75) is 147 Å². The van der Waals surface area contributed by atoms with Crippen LogP contribution in [0.1, 0.15) is 139 Å². The average Bonchev–Trinajstić information content (AvgIpc) is 3.82. The maximum atomic E-state index is 15.3. The second-order valence-corrected chi connectivity index (χ2v) is 18.8. The molecule has 14 heteroatoms. The van der Waals surface area contributed by atoms with Crippen LogP contribution in [0.15, 0.2) is 90.1 Å². The van der Waals surface area contributed by atoms with Crippen LogP contribution in [-0.2, 0) is 27.5 Å². The topological polar surface area (TPSA) is 183 Å². The first kappa shape index (κ1) is 50.4. The number of amides is 1.